The van der Waals surface area contributed by atoms with Crippen LogP contribution in [0.25, 0.3) is 17.5 Å². The van der Waals surface area contributed by atoms with Crippen LogP contribution >= 0.6 is 0 Å². The van der Waals surface area contributed by atoms with Gasteiger partial charge in [0, 0.05) is 17.6 Å². The van der Waals surface area contributed by atoms with E-state index in [0.717, 1.165) is 23.5 Å². The second-order valence-corrected chi connectivity index (χ2v) is 8.88. The Morgan fingerprint density at radius 1 is 0.967 bits per heavy atom. The van der Waals surface area contributed by atoms with Crippen LogP contribution in [0, 0.1) is 0 Å². The molecule has 0 saturated carbocycles. The lowest BCUT2D eigenvalue weighted by Gasteiger charge is -2.04. The molecule has 3 heterocycles. The van der Waals surface area contributed by atoms with Crippen molar-refractivity contribution < 1.29 is 0 Å². The van der Waals surface area contributed by atoms with E-state index in [-0.39, 0.29) is 0 Å². The summed E-state index contributed by atoms with van der Waals surface area (Å²) in [4.78, 5) is 11.7. The third-order valence-corrected chi connectivity index (χ3v) is 5.92. The van der Waals surface area contributed by atoms with Gasteiger partial charge >= 0.3 is 0 Å². The maximum atomic E-state index is 4.84. The van der Waals surface area contributed by atoms with Crippen LogP contribution < -0.4 is 0 Å². The summed E-state index contributed by atoms with van der Waals surface area (Å²) in [6.45, 7) is 6.76. The van der Waals surface area contributed by atoms with Crippen LogP contribution in [0.2, 0.25) is 0 Å². The van der Waals surface area contributed by atoms with Gasteiger partial charge in [0.2, 0.25) is 0 Å². The molecular weight excluding hydrogens is 366 g/mol. The lowest BCUT2D eigenvalue weighted by atomic mass is 10.0. The van der Waals surface area contributed by atoms with Crippen LogP contribution in [0.1, 0.15) is 102 Å². The summed E-state index contributed by atoms with van der Waals surface area (Å²) in [7, 11) is 0. The Labute approximate surface area is 182 Å². The highest BCUT2D eigenvalue weighted by atomic mass is 14.8. The molecule has 3 nitrogen and oxygen atoms in total. The number of unbranched alkanes of at least 4 members (excludes halogenated alkanes) is 8. The second-order valence-electron chi connectivity index (χ2n) is 8.88. The van der Waals surface area contributed by atoms with Crippen molar-refractivity contribution in [2.75, 3.05) is 0 Å². The summed E-state index contributed by atoms with van der Waals surface area (Å²) in [5.41, 5.74) is 7.06. The fraction of sp³-hybridized carbons (Fsp3) is 0.519. The summed E-state index contributed by atoms with van der Waals surface area (Å²) in [6.07, 6.45) is 21.9. The van der Waals surface area contributed by atoms with Crippen LogP contribution in [0.4, 0.5) is 0 Å². The minimum absolute atomic E-state index is 0.469. The number of H-pyrrole nitrogens is 2. The molecular formula is C27H39N3. The molecule has 30 heavy (non-hydrogen) atoms. The molecule has 2 aromatic heterocycles. The SMILES string of the molecule is CCCCCCCCCCCC1=NC(=Cc2cc(C(C)C)c(-c3ccc[nH]3)[nH]2)C=C1. The van der Waals surface area contributed by atoms with E-state index in [1.807, 2.05) is 12.3 Å². The molecule has 0 aromatic carbocycles. The summed E-state index contributed by atoms with van der Waals surface area (Å²) in [5.74, 6) is 0.469. The molecule has 0 fully saturated rings. The van der Waals surface area contributed by atoms with Crippen molar-refractivity contribution in [3.05, 3.63) is 53.5 Å². The Bertz CT molecular complexity index is 847. The highest BCUT2D eigenvalue weighted by Gasteiger charge is 2.13. The Balaban J connectivity index is 1.48. The van der Waals surface area contributed by atoms with E-state index >= 15 is 0 Å². The Morgan fingerprint density at radius 2 is 1.70 bits per heavy atom. The number of aliphatic imine (C=N–C) groups is 1. The number of hydrogen-bond acceptors (Lipinski definition) is 1. The van der Waals surface area contributed by atoms with Crippen molar-refractivity contribution in [1.29, 1.82) is 0 Å². The van der Waals surface area contributed by atoms with Crippen molar-refractivity contribution in [3.8, 4) is 11.4 Å². The molecule has 0 bridgehead atoms. The molecule has 0 radical (unpaired) electrons. The van der Waals surface area contributed by atoms with Gasteiger partial charge < -0.3 is 9.97 Å². The first-order chi connectivity index (χ1) is 14.7. The van der Waals surface area contributed by atoms with E-state index in [1.165, 1.54) is 74.8 Å². The van der Waals surface area contributed by atoms with Gasteiger partial charge in [-0.1, -0.05) is 72.1 Å². The molecule has 0 unspecified atom stereocenters. The standard InChI is InChI=1S/C27H39N3/c1-4-5-6-7-8-9-10-11-12-14-22-16-17-23(29-22)19-24-20-25(21(2)3)27(30-24)26-15-13-18-28-26/h13,15-21,28,30H,4-12,14H2,1-3H3. The molecule has 3 rings (SSSR count). The molecule has 1 aliphatic rings. The molecule has 2 aromatic rings. The zero-order valence-corrected chi connectivity index (χ0v) is 19.1. The highest BCUT2D eigenvalue weighted by molar-refractivity contribution is 5.99. The third-order valence-electron chi connectivity index (χ3n) is 5.92. The molecule has 162 valence electrons. The van der Waals surface area contributed by atoms with Crippen LogP contribution in [0.5, 0.6) is 0 Å². The number of aromatic amines is 2. The fourth-order valence-electron chi connectivity index (χ4n) is 4.15. The van der Waals surface area contributed by atoms with E-state index in [0.29, 0.717) is 5.92 Å². The van der Waals surface area contributed by atoms with Gasteiger partial charge in [0.05, 0.1) is 17.1 Å². The van der Waals surface area contributed by atoms with Crippen molar-refractivity contribution in [2.24, 2.45) is 4.99 Å². The zero-order chi connectivity index (χ0) is 21.2. The van der Waals surface area contributed by atoms with Crippen LogP contribution in [-0.4, -0.2) is 15.7 Å². The smallest absolute Gasteiger partial charge is 0.0659 e. The maximum absolute atomic E-state index is 4.84. The monoisotopic (exact) mass is 405 g/mol. The van der Waals surface area contributed by atoms with Gasteiger partial charge in [-0.05, 0) is 60.8 Å². The predicted octanol–water partition coefficient (Wildman–Crippen LogP) is 8.41. The molecule has 3 heteroatoms. The van der Waals surface area contributed by atoms with Gasteiger partial charge in [0.1, 0.15) is 0 Å². The molecule has 2 N–H and O–H groups in total. The molecule has 0 amide bonds. The van der Waals surface area contributed by atoms with Crippen molar-refractivity contribution in [3.63, 3.8) is 0 Å². The van der Waals surface area contributed by atoms with Crippen LogP contribution in [-0.2, 0) is 0 Å². The second kappa shape index (κ2) is 11.8. The van der Waals surface area contributed by atoms with Gasteiger partial charge in [0.15, 0.2) is 0 Å². The van der Waals surface area contributed by atoms with Gasteiger partial charge in [-0.2, -0.15) is 0 Å². The largest absolute Gasteiger partial charge is 0.360 e. The quantitative estimate of drug-likeness (QED) is 0.314. The van der Waals surface area contributed by atoms with E-state index in [1.54, 1.807) is 0 Å². The number of nitrogens with one attached hydrogen (secondary N) is 2. The minimum Gasteiger partial charge on any atom is -0.360 e. The summed E-state index contributed by atoms with van der Waals surface area (Å²) < 4.78 is 0. The molecule has 1 aliphatic heterocycles. The van der Waals surface area contributed by atoms with Crippen LogP contribution in [0.3, 0.4) is 0 Å². The van der Waals surface area contributed by atoms with Gasteiger partial charge in [-0.25, -0.2) is 0 Å². The molecule has 0 atom stereocenters. The number of hydrogen-bond donors (Lipinski definition) is 2. The molecule has 0 aliphatic carbocycles. The van der Waals surface area contributed by atoms with Crippen molar-refractivity contribution >= 4 is 11.8 Å². The van der Waals surface area contributed by atoms with Crippen molar-refractivity contribution in [2.45, 2.75) is 90.9 Å². The lowest BCUT2D eigenvalue weighted by Crippen LogP contribution is -1.90. The topological polar surface area (TPSA) is 43.9 Å². The summed E-state index contributed by atoms with van der Waals surface area (Å²) >= 11 is 0. The number of rotatable bonds is 13. The highest BCUT2D eigenvalue weighted by Crippen LogP contribution is 2.30. The lowest BCUT2D eigenvalue weighted by molar-refractivity contribution is 0.568. The third kappa shape index (κ3) is 6.62. The summed E-state index contributed by atoms with van der Waals surface area (Å²) in [5, 5.41) is 0. The van der Waals surface area contributed by atoms with E-state index < -0.39 is 0 Å². The molecule has 0 spiro atoms. The predicted molar refractivity (Wildman–Crippen MR) is 131 cm³/mol. The minimum atomic E-state index is 0.469. The van der Waals surface area contributed by atoms with Crippen LogP contribution in [0.15, 0.2) is 47.2 Å². The van der Waals surface area contributed by atoms with Gasteiger partial charge in [-0.3, -0.25) is 4.99 Å². The Morgan fingerprint density at radius 3 is 2.37 bits per heavy atom. The average Bonchev–Trinajstić information content (AvgIpc) is 3.48. The number of allylic oxidation sites excluding steroid dienone is 2. The van der Waals surface area contributed by atoms with E-state index in [9.17, 15) is 0 Å². The maximum Gasteiger partial charge on any atom is 0.0659 e. The molecule has 0 saturated heterocycles. The zero-order valence-electron chi connectivity index (χ0n) is 19.1. The first-order valence-corrected chi connectivity index (χ1v) is 12.0. The van der Waals surface area contributed by atoms with Gasteiger partial charge in [0.25, 0.3) is 0 Å². The van der Waals surface area contributed by atoms with E-state index in [2.05, 4.69) is 61.1 Å². The Kier molecular flexibility index (Phi) is 8.80. The number of aromatic nitrogens is 2. The van der Waals surface area contributed by atoms with E-state index in [4.69, 9.17) is 4.99 Å². The normalized spacial score (nSPS) is 14.9. The summed E-state index contributed by atoms with van der Waals surface area (Å²) in [6, 6.07) is 6.42. The Hall–Kier alpha value is -2.29. The fourth-order valence-corrected chi connectivity index (χ4v) is 4.15. The number of nitrogens with zero attached hydrogens (tertiary/aromatic N) is 1. The average molecular weight is 406 g/mol. The first-order valence-electron chi connectivity index (χ1n) is 12.0. The van der Waals surface area contributed by atoms with Crippen molar-refractivity contribution in [1.82, 2.24) is 9.97 Å². The first kappa shape index (κ1) is 22.4. The van der Waals surface area contributed by atoms with Gasteiger partial charge in [-0.15, -0.1) is 0 Å².